The molecule has 1 aromatic rings. The van der Waals surface area contributed by atoms with Gasteiger partial charge in [-0.3, -0.25) is 4.79 Å². The molecule has 19 heavy (non-hydrogen) atoms. The molecule has 0 amide bonds. The van der Waals surface area contributed by atoms with Crippen LogP contribution in [0.15, 0.2) is 35.9 Å². The zero-order valence-corrected chi connectivity index (χ0v) is 12.3. The van der Waals surface area contributed by atoms with Gasteiger partial charge in [0.2, 0.25) is 0 Å². The van der Waals surface area contributed by atoms with Gasteiger partial charge in [-0.15, -0.1) is 0 Å². The summed E-state index contributed by atoms with van der Waals surface area (Å²) in [6.07, 6.45) is 3.93. The number of hydrogen-bond donors (Lipinski definition) is 0. The second-order valence-electron chi connectivity index (χ2n) is 5.97. The molecule has 0 fully saturated rings. The lowest BCUT2D eigenvalue weighted by molar-refractivity contribution is -0.118. The Morgan fingerprint density at radius 3 is 2.47 bits per heavy atom. The number of rotatable bonds is 5. The number of carbonyl (C=O) groups excluding carboxylic acids is 1. The highest BCUT2D eigenvalue weighted by Gasteiger charge is 2.32. The molecule has 0 heterocycles. The van der Waals surface area contributed by atoms with Crippen molar-refractivity contribution < 1.29 is 4.79 Å². The predicted octanol–water partition coefficient (Wildman–Crippen LogP) is 4.88. The number of allylic oxidation sites excluding steroid dienone is 2. The van der Waals surface area contributed by atoms with Crippen LogP contribution in [0, 0.1) is 11.8 Å². The molecule has 0 saturated heterocycles. The molecule has 0 spiro atoms. The van der Waals surface area contributed by atoms with Crippen molar-refractivity contribution in [3.05, 3.63) is 41.5 Å². The minimum Gasteiger partial charge on any atom is -0.294 e. The van der Waals surface area contributed by atoms with Gasteiger partial charge in [-0.05, 0) is 41.9 Å². The summed E-state index contributed by atoms with van der Waals surface area (Å²) < 4.78 is 0. The van der Waals surface area contributed by atoms with Crippen molar-refractivity contribution in [1.82, 2.24) is 0 Å². The summed E-state index contributed by atoms with van der Waals surface area (Å²) in [5.74, 6) is 1.22. The molecule has 1 aromatic carbocycles. The summed E-state index contributed by atoms with van der Waals surface area (Å²) >= 11 is 0. The van der Waals surface area contributed by atoms with E-state index in [1.54, 1.807) is 0 Å². The number of hydrogen-bond acceptors (Lipinski definition) is 1. The minimum atomic E-state index is 0.219. The van der Waals surface area contributed by atoms with E-state index < -0.39 is 0 Å². The van der Waals surface area contributed by atoms with Crippen LogP contribution in [0.5, 0.6) is 0 Å². The van der Waals surface area contributed by atoms with Crippen LogP contribution in [0.3, 0.4) is 0 Å². The van der Waals surface area contributed by atoms with Crippen molar-refractivity contribution in [3.8, 4) is 0 Å². The van der Waals surface area contributed by atoms with Gasteiger partial charge in [0.1, 0.15) is 0 Å². The fourth-order valence-electron chi connectivity index (χ4n) is 3.07. The molecule has 0 saturated carbocycles. The molecule has 0 aliphatic heterocycles. The largest absolute Gasteiger partial charge is 0.294 e. The predicted molar refractivity (Wildman–Crippen MR) is 80.8 cm³/mol. The van der Waals surface area contributed by atoms with E-state index in [1.165, 1.54) is 11.1 Å². The van der Waals surface area contributed by atoms with Crippen LogP contribution < -0.4 is 0 Å². The standard InChI is InChI=1S/C18H24O/c1-4-8-16-17(14-9-6-5-7-10-14)12-15(18(16)19)11-13(2)3/h5-7,9-10,13,15H,4,8,11-12H2,1-3H3. The van der Waals surface area contributed by atoms with Crippen molar-refractivity contribution in [2.45, 2.75) is 46.5 Å². The molecule has 1 nitrogen and oxygen atoms in total. The van der Waals surface area contributed by atoms with Gasteiger partial charge in [0, 0.05) is 5.92 Å². The van der Waals surface area contributed by atoms with Gasteiger partial charge in [0.15, 0.2) is 5.78 Å². The molecule has 0 bridgehead atoms. The van der Waals surface area contributed by atoms with E-state index in [2.05, 4.69) is 45.0 Å². The van der Waals surface area contributed by atoms with Crippen molar-refractivity contribution in [2.75, 3.05) is 0 Å². The average molecular weight is 256 g/mol. The third kappa shape index (κ3) is 3.15. The molecule has 1 atom stereocenters. The van der Waals surface area contributed by atoms with E-state index in [9.17, 15) is 4.79 Å². The second-order valence-corrected chi connectivity index (χ2v) is 5.97. The Hall–Kier alpha value is -1.37. The van der Waals surface area contributed by atoms with Gasteiger partial charge in [0.05, 0.1) is 0 Å². The highest BCUT2D eigenvalue weighted by molar-refractivity contribution is 6.08. The third-order valence-corrected chi connectivity index (χ3v) is 3.86. The number of Topliss-reactive ketones (excluding diaryl/α,β-unsaturated/α-hetero) is 1. The average Bonchev–Trinajstić information content (AvgIpc) is 2.69. The fourth-order valence-corrected chi connectivity index (χ4v) is 3.07. The van der Waals surface area contributed by atoms with Gasteiger partial charge in [-0.2, -0.15) is 0 Å². The Kier molecular flexibility index (Phi) is 4.57. The van der Waals surface area contributed by atoms with Gasteiger partial charge in [-0.25, -0.2) is 0 Å². The maximum absolute atomic E-state index is 12.6. The zero-order valence-electron chi connectivity index (χ0n) is 12.3. The molecule has 0 N–H and O–H groups in total. The van der Waals surface area contributed by atoms with Crippen LogP contribution in [-0.4, -0.2) is 5.78 Å². The Balaban J connectivity index is 2.29. The summed E-state index contributed by atoms with van der Waals surface area (Å²) in [5.41, 5.74) is 3.64. The maximum atomic E-state index is 12.6. The van der Waals surface area contributed by atoms with Gasteiger partial charge < -0.3 is 0 Å². The van der Waals surface area contributed by atoms with Gasteiger partial charge >= 0.3 is 0 Å². The molecule has 2 rings (SSSR count). The Bertz CT molecular complexity index is 468. The molecular weight excluding hydrogens is 232 g/mol. The summed E-state index contributed by atoms with van der Waals surface area (Å²) in [7, 11) is 0. The van der Waals surface area contributed by atoms with Crippen LogP contribution in [0.2, 0.25) is 0 Å². The van der Waals surface area contributed by atoms with Crippen LogP contribution in [0.1, 0.15) is 52.0 Å². The van der Waals surface area contributed by atoms with Crippen LogP contribution >= 0.6 is 0 Å². The molecule has 1 aliphatic rings. The first-order valence-electron chi connectivity index (χ1n) is 7.45. The summed E-state index contributed by atoms with van der Waals surface area (Å²) in [4.78, 5) is 12.6. The number of benzene rings is 1. The lowest BCUT2D eigenvalue weighted by Crippen LogP contribution is -2.12. The van der Waals surface area contributed by atoms with Crippen molar-refractivity contribution in [1.29, 1.82) is 0 Å². The lowest BCUT2D eigenvalue weighted by Gasteiger charge is -2.11. The summed E-state index contributed by atoms with van der Waals surface area (Å²) in [5, 5.41) is 0. The van der Waals surface area contributed by atoms with E-state index in [4.69, 9.17) is 0 Å². The SMILES string of the molecule is CCCC1=C(c2ccccc2)CC(CC(C)C)C1=O. The van der Waals surface area contributed by atoms with E-state index in [0.717, 1.165) is 31.3 Å². The van der Waals surface area contributed by atoms with E-state index >= 15 is 0 Å². The van der Waals surface area contributed by atoms with Crippen LogP contribution in [-0.2, 0) is 4.79 Å². The molecular formula is C18H24O. The smallest absolute Gasteiger partial charge is 0.162 e. The first-order valence-corrected chi connectivity index (χ1v) is 7.45. The summed E-state index contributed by atoms with van der Waals surface area (Å²) in [6.45, 7) is 6.55. The fraction of sp³-hybridized carbons (Fsp3) is 0.500. The molecule has 1 aliphatic carbocycles. The molecule has 102 valence electrons. The normalized spacial score (nSPS) is 19.6. The Labute approximate surface area is 116 Å². The van der Waals surface area contributed by atoms with E-state index in [1.807, 2.05) is 6.07 Å². The Morgan fingerprint density at radius 2 is 1.89 bits per heavy atom. The quantitative estimate of drug-likeness (QED) is 0.734. The van der Waals surface area contributed by atoms with Crippen molar-refractivity contribution in [3.63, 3.8) is 0 Å². The first-order chi connectivity index (χ1) is 9.13. The van der Waals surface area contributed by atoms with E-state index in [-0.39, 0.29) is 5.92 Å². The molecule has 1 heteroatoms. The monoisotopic (exact) mass is 256 g/mol. The van der Waals surface area contributed by atoms with Crippen molar-refractivity contribution >= 4 is 11.4 Å². The van der Waals surface area contributed by atoms with Crippen molar-refractivity contribution in [2.24, 2.45) is 11.8 Å². The highest BCUT2D eigenvalue weighted by atomic mass is 16.1. The minimum absolute atomic E-state index is 0.219. The Morgan fingerprint density at radius 1 is 1.21 bits per heavy atom. The summed E-state index contributed by atoms with van der Waals surface area (Å²) in [6, 6.07) is 10.4. The zero-order chi connectivity index (χ0) is 13.8. The first kappa shape index (κ1) is 14.0. The molecule has 0 radical (unpaired) electrons. The topological polar surface area (TPSA) is 17.1 Å². The number of carbonyl (C=O) groups is 1. The highest BCUT2D eigenvalue weighted by Crippen LogP contribution is 2.39. The second kappa shape index (κ2) is 6.18. The lowest BCUT2D eigenvalue weighted by atomic mass is 9.92. The van der Waals surface area contributed by atoms with Gasteiger partial charge in [0.25, 0.3) is 0 Å². The number of ketones is 1. The molecule has 1 unspecified atom stereocenters. The molecule has 0 aromatic heterocycles. The third-order valence-electron chi connectivity index (χ3n) is 3.86. The maximum Gasteiger partial charge on any atom is 0.162 e. The van der Waals surface area contributed by atoms with Crippen LogP contribution in [0.25, 0.3) is 5.57 Å². The van der Waals surface area contributed by atoms with Crippen LogP contribution in [0.4, 0.5) is 0 Å². The van der Waals surface area contributed by atoms with Gasteiger partial charge in [-0.1, -0.05) is 57.5 Å². The van der Waals surface area contributed by atoms with E-state index in [0.29, 0.717) is 11.7 Å².